The molecule has 3 aromatic rings. The summed E-state index contributed by atoms with van der Waals surface area (Å²) in [5, 5.41) is 3.71. The summed E-state index contributed by atoms with van der Waals surface area (Å²) in [5.41, 5.74) is 4.56. The number of H-pyrrole nitrogens is 1. The van der Waals surface area contributed by atoms with Crippen molar-refractivity contribution in [2.24, 2.45) is 0 Å². The minimum atomic E-state index is 0.554. The molecule has 0 spiro atoms. The quantitative estimate of drug-likeness (QED) is 0.740. The van der Waals surface area contributed by atoms with Gasteiger partial charge in [0.15, 0.2) is 0 Å². The van der Waals surface area contributed by atoms with Crippen LogP contribution in [-0.2, 0) is 13.0 Å². The van der Waals surface area contributed by atoms with Crippen molar-refractivity contribution in [1.82, 2.24) is 25.3 Å². The van der Waals surface area contributed by atoms with Crippen LogP contribution in [0.5, 0.6) is 0 Å². The van der Waals surface area contributed by atoms with Crippen LogP contribution in [0.25, 0.3) is 11.0 Å². The third-order valence-electron chi connectivity index (χ3n) is 5.15. The van der Waals surface area contributed by atoms with Crippen molar-refractivity contribution in [1.29, 1.82) is 0 Å². The van der Waals surface area contributed by atoms with Gasteiger partial charge in [-0.3, -0.25) is 0 Å². The zero-order valence-electron chi connectivity index (χ0n) is 15.5. The van der Waals surface area contributed by atoms with Crippen molar-refractivity contribution in [2.75, 3.05) is 18.0 Å². The highest BCUT2D eigenvalue weighted by atomic mass is 15.2. The number of nitrogens with zero attached hydrogens (tertiary/aromatic N) is 4. The third-order valence-corrected chi connectivity index (χ3v) is 5.15. The lowest BCUT2D eigenvalue weighted by atomic mass is 10.0. The maximum Gasteiger partial charge on any atom is 0.132 e. The molecule has 0 bridgehead atoms. The summed E-state index contributed by atoms with van der Waals surface area (Å²) in [5.74, 6) is 2.03. The van der Waals surface area contributed by atoms with Crippen molar-refractivity contribution in [3.8, 4) is 0 Å². The molecule has 0 radical (unpaired) electrons. The summed E-state index contributed by atoms with van der Waals surface area (Å²) in [7, 11) is 0. The normalized spacial score (nSPS) is 15.7. The van der Waals surface area contributed by atoms with Crippen LogP contribution in [0.3, 0.4) is 0 Å². The second-order valence-corrected chi connectivity index (χ2v) is 7.04. The molecular formula is C20H26N6. The van der Waals surface area contributed by atoms with Gasteiger partial charge in [0.1, 0.15) is 18.0 Å². The molecule has 1 aromatic carbocycles. The van der Waals surface area contributed by atoms with E-state index in [1.165, 1.54) is 5.56 Å². The summed E-state index contributed by atoms with van der Waals surface area (Å²) in [6.07, 6.45) is 4.91. The van der Waals surface area contributed by atoms with E-state index < -0.39 is 0 Å². The van der Waals surface area contributed by atoms with Crippen LogP contribution in [0.2, 0.25) is 0 Å². The molecule has 0 amide bonds. The van der Waals surface area contributed by atoms with Crippen molar-refractivity contribution in [3.63, 3.8) is 0 Å². The SMILES string of the molecule is CCc1cc(N2CCC(NCc3ccc4nc(C)[nH]c4c3)CC2)ncn1. The fourth-order valence-corrected chi connectivity index (χ4v) is 3.62. The Hall–Kier alpha value is -2.47. The number of fused-ring (bicyclic) bond motifs is 1. The number of anilines is 1. The highest BCUT2D eigenvalue weighted by molar-refractivity contribution is 5.75. The van der Waals surface area contributed by atoms with Crippen molar-refractivity contribution in [3.05, 3.63) is 47.7 Å². The highest BCUT2D eigenvalue weighted by Crippen LogP contribution is 2.19. The van der Waals surface area contributed by atoms with E-state index in [4.69, 9.17) is 0 Å². The molecule has 6 heteroatoms. The maximum atomic E-state index is 4.46. The van der Waals surface area contributed by atoms with E-state index in [1.807, 2.05) is 6.92 Å². The van der Waals surface area contributed by atoms with Crippen molar-refractivity contribution >= 4 is 16.9 Å². The Morgan fingerprint density at radius 2 is 2.04 bits per heavy atom. The fourth-order valence-electron chi connectivity index (χ4n) is 3.62. The van der Waals surface area contributed by atoms with Gasteiger partial charge in [-0.2, -0.15) is 0 Å². The number of nitrogens with one attached hydrogen (secondary N) is 2. The predicted molar refractivity (Wildman–Crippen MR) is 104 cm³/mol. The minimum Gasteiger partial charge on any atom is -0.356 e. The van der Waals surface area contributed by atoms with E-state index in [9.17, 15) is 0 Å². The first-order valence-corrected chi connectivity index (χ1v) is 9.46. The van der Waals surface area contributed by atoms with Gasteiger partial charge < -0.3 is 15.2 Å². The van der Waals surface area contributed by atoms with Gasteiger partial charge in [0.05, 0.1) is 11.0 Å². The monoisotopic (exact) mass is 350 g/mol. The summed E-state index contributed by atoms with van der Waals surface area (Å²) >= 11 is 0. The predicted octanol–water partition coefficient (Wildman–Crippen LogP) is 2.98. The van der Waals surface area contributed by atoms with E-state index >= 15 is 0 Å². The lowest BCUT2D eigenvalue weighted by Gasteiger charge is -2.33. The first kappa shape index (κ1) is 17.0. The van der Waals surface area contributed by atoms with Gasteiger partial charge in [-0.1, -0.05) is 13.0 Å². The van der Waals surface area contributed by atoms with Gasteiger partial charge in [0.25, 0.3) is 0 Å². The van der Waals surface area contributed by atoms with E-state index in [0.717, 1.165) is 67.3 Å². The average molecular weight is 350 g/mol. The Bertz CT molecular complexity index is 879. The van der Waals surface area contributed by atoms with Crippen molar-refractivity contribution < 1.29 is 0 Å². The van der Waals surface area contributed by atoms with E-state index in [2.05, 4.69) is 61.3 Å². The van der Waals surface area contributed by atoms with Crippen LogP contribution < -0.4 is 10.2 Å². The number of hydrogen-bond donors (Lipinski definition) is 2. The first-order chi connectivity index (χ1) is 12.7. The van der Waals surface area contributed by atoms with E-state index in [1.54, 1.807) is 6.33 Å². The number of piperidine rings is 1. The Labute approximate surface area is 154 Å². The highest BCUT2D eigenvalue weighted by Gasteiger charge is 2.20. The molecule has 0 aliphatic carbocycles. The molecule has 0 unspecified atom stereocenters. The van der Waals surface area contributed by atoms with Crippen LogP contribution >= 0.6 is 0 Å². The van der Waals surface area contributed by atoms with Gasteiger partial charge in [0.2, 0.25) is 0 Å². The Morgan fingerprint density at radius 3 is 2.85 bits per heavy atom. The number of benzene rings is 1. The second-order valence-electron chi connectivity index (χ2n) is 7.04. The van der Waals surface area contributed by atoms with Gasteiger partial charge in [0, 0.05) is 37.4 Å². The topological polar surface area (TPSA) is 69.7 Å². The van der Waals surface area contributed by atoms with Crippen molar-refractivity contribution in [2.45, 2.75) is 45.7 Å². The number of rotatable bonds is 5. The molecule has 1 saturated heterocycles. The Morgan fingerprint density at radius 1 is 1.19 bits per heavy atom. The fraction of sp³-hybridized carbons (Fsp3) is 0.450. The van der Waals surface area contributed by atoms with Crippen LogP contribution in [0, 0.1) is 6.92 Å². The lowest BCUT2D eigenvalue weighted by molar-refractivity contribution is 0.412. The third kappa shape index (κ3) is 3.70. The molecule has 6 nitrogen and oxygen atoms in total. The zero-order chi connectivity index (χ0) is 17.9. The number of aryl methyl sites for hydroxylation is 2. The number of aromatic amines is 1. The number of imidazole rings is 1. The average Bonchev–Trinajstić information content (AvgIpc) is 3.06. The molecule has 2 N–H and O–H groups in total. The van der Waals surface area contributed by atoms with Gasteiger partial charge in [-0.25, -0.2) is 15.0 Å². The van der Waals surface area contributed by atoms with Crippen LogP contribution in [-0.4, -0.2) is 39.1 Å². The largest absolute Gasteiger partial charge is 0.356 e. The van der Waals surface area contributed by atoms with E-state index in [0.29, 0.717) is 6.04 Å². The standard InChI is InChI=1S/C20H26N6/c1-3-16-11-20(23-13-22-16)26-8-6-17(7-9-26)21-12-15-4-5-18-19(10-15)25-14(2)24-18/h4-5,10-11,13,17,21H,3,6-9,12H2,1-2H3,(H,24,25). The van der Waals surface area contributed by atoms with Crippen LogP contribution in [0.1, 0.15) is 36.8 Å². The van der Waals surface area contributed by atoms with Crippen LogP contribution in [0.15, 0.2) is 30.6 Å². The second kappa shape index (κ2) is 7.41. The van der Waals surface area contributed by atoms with Gasteiger partial charge in [-0.05, 0) is 43.9 Å². The maximum absolute atomic E-state index is 4.46. The Kier molecular flexibility index (Phi) is 4.84. The lowest BCUT2D eigenvalue weighted by Crippen LogP contribution is -2.42. The molecule has 0 atom stereocenters. The molecule has 1 aliphatic heterocycles. The summed E-state index contributed by atoms with van der Waals surface area (Å²) in [6.45, 7) is 7.09. The first-order valence-electron chi connectivity index (χ1n) is 9.46. The summed E-state index contributed by atoms with van der Waals surface area (Å²) < 4.78 is 0. The Balaban J connectivity index is 1.31. The number of aromatic nitrogens is 4. The molecule has 3 heterocycles. The molecular weight excluding hydrogens is 324 g/mol. The van der Waals surface area contributed by atoms with Gasteiger partial charge in [-0.15, -0.1) is 0 Å². The summed E-state index contributed by atoms with van der Waals surface area (Å²) in [4.78, 5) is 18.9. The zero-order valence-corrected chi connectivity index (χ0v) is 15.5. The molecule has 26 heavy (non-hydrogen) atoms. The molecule has 1 fully saturated rings. The molecule has 136 valence electrons. The van der Waals surface area contributed by atoms with E-state index in [-0.39, 0.29) is 0 Å². The van der Waals surface area contributed by atoms with Crippen LogP contribution in [0.4, 0.5) is 5.82 Å². The minimum absolute atomic E-state index is 0.554. The molecule has 1 aliphatic rings. The summed E-state index contributed by atoms with van der Waals surface area (Å²) in [6, 6.07) is 9.13. The number of hydrogen-bond acceptors (Lipinski definition) is 5. The molecule has 2 aromatic heterocycles. The molecule has 4 rings (SSSR count). The molecule has 0 saturated carbocycles. The smallest absolute Gasteiger partial charge is 0.132 e. The van der Waals surface area contributed by atoms with Gasteiger partial charge >= 0.3 is 0 Å².